The Labute approximate surface area is 124 Å². The molecule has 2 nitrogen and oxygen atoms in total. The molecule has 0 radical (unpaired) electrons. The lowest BCUT2D eigenvalue weighted by Crippen LogP contribution is -2.10. The van der Waals surface area contributed by atoms with E-state index in [2.05, 4.69) is 57.1 Å². The lowest BCUT2D eigenvalue weighted by molar-refractivity contribution is 0.591. The molecule has 0 bridgehead atoms. The molecule has 2 N–H and O–H groups in total. The van der Waals surface area contributed by atoms with Gasteiger partial charge in [-0.15, -0.1) is 0 Å². The maximum absolute atomic E-state index is 5.64. The van der Waals surface area contributed by atoms with Crippen molar-refractivity contribution < 1.29 is 0 Å². The summed E-state index contributed by atoms with van der Waals surface area (Å²) < 4.78 is 0. The van der Waals surface area contributed by atoms with Crippen LogP contribution in [0.25, 0.3) is 15.7 Å². The maximum atomic E-state index is 5.64. The van der Waals surface area contributed by atoms with E-state index in [1.54, 1.807) is 0 Å². The van der Waals surface area contributed by atoms with Crippen molar-refractivity contribution >= 4 is 27.4 Å². The van der Waals surface area contributed by atoms with Gasteiger partial charge in [-0.25, -0.2) is 0 Å². The van der Waals surface area contributed by atoms with Gasteiger partial charge in [-0.2, -0.15) is 0 Å². The molecule has 0 spiro atoms. The first-order chi connectivity index (χ1) is 9.29. The van der Waals surface area contributed by atoms with Crippen LogP contribution < -0.4 is 5.73 Å². The van der Waals surface area contributed by atoms with Gasteiger partial charge in [-0.3, -0.25) is 4.98 Å². The molecule has 104 valence electrons. The predicted molar refractivity (Wildman–Crippen MR) is 90.4 cm³/mol. The molecule has 2 aromatic rings. The summed E-state index contributed by atoms with van der Waals surface area (Å²) in [6, 6.07) is 8.52. The molecule has 1 heterocycles. The van der Waals surface area contributed by atoms with Crippen LogP contribution in [0.2, 0.25) is 0 Å². The zero-order chi connectivity index (χ0) is 14.9. The van der Waals surface area contributed by atoms with Crippen molar-refractivity contribution in [2.75, 3.05) is 0 Å². The van der Waals surface area contributed by atoms with Crippen LogP contribution in [0.4, 0.5) is 0 Å². The number of nitrogens with zero attached hydrogens (tertiary/aromatic N) is 1. The standard InChI is InChI=1S/C17H20N2S/c1-11(20-12(2)18)16-15-7-6-14(17(3,4)5)10-13(15)8-9-19-16/h6-10H,1-2,18H2,3-5H3. The lowest BCUT2D eigenvalue weighted by atomic mass is 9.86. The van der Waals surface area contributed by atoms with E-state index in [9.17, 15) is 0 Å². The summed E-state index contributed by atoms with van der Waals surface area (Å²) in [5.74, 6) is 0. The van der Waals surface area contributed by atoms with Gasteiger partial charge in [-0.1, -0.05) is 63.9 Å². The van der Waals surface area contributed by atoms with Crippen LogP contribution >= 0.6 is 11.8 Å². The van der Waals surface area contributed by atoms with Gasteiger partial charge in [-0.05, 0) is 22.4 Å². The van der Waals surface area contributed by atoms with Crippen LogP contribution in [0.15, 0.2) is 48.6 Å². The molecular weight excluding hydrogens is 264 g/mol. The number of aromatic nitrogens is 1. The predicted octanol–water partition coefficient (Wildman–Crippen LogP) is 4.67. The lowest BCUT2D eigenvalue weighted by Gasteiger charge is -2.20. The first-order valence-electron chi connectivity index (χ1n) is 6.50. The molecule has 0 aliphatic heterocycles. The third-order valence-corrected chi connectivity index (χ3v) is 3.85. The number of fused-ring (bicyclic) bond motifs is 1. The molecule has 20 heavy (non-hydrogen) atoms. The number of thioether (sulfide) groups is 1. The molecule has 3 heteroatoms. The third kappa shape index (κ3) is 3.05. The van der Waals surface area contributed by atoms with E-state index in [4.69, 9.17) is 5.73 Å². The summed E-state index contributed by atoms with van der Waals surface area (Å²) in [7, 11) is 0. The average molecular weight is 284 g/mol. The van der Waals surface area contributed by atoms with Crippen LogP contribution in [0.5, 0.6) is 0 Å². The fourth-order valence-corrected chi connectivity index (χ4v) is 2.65. The molecule has 0 unspecified atom stereocenters. The van der Waals surface area contributed by atoms with Gasteiger partial charge in [0.05, 0.1) is 10.7 Å². The van der Waals surface area contributed by atoms with E-state index in [1.807, 2.05) is 12.3 Å². The third-order valence-electron chi connectivity index (χ3n) is 3.15. The number of hydrogen-bond donors (Lipinski definition) is 1. The Morgan fingerprint density at radius 1 is 1.20 bits per heavy atom. The smallest absolute Gasteiger partial charge is 0.0841 e. The zero-order valence-corrected chi connectivity index (χ0v) is 13.1. The fraction of sp³-hybridized carbons (Fsp3) is 0.235. The summed E-state index contributed by atoms with van der Waals surface area (Å²) in [6.45, 7) is 14.4. The molecule has 0 saturated heterocycles. The zero-order valence-electron chi connectivity index (χ0n) is 12.2. The first kappa shape index (κ1) is 14.7. The Morgan fingerprint density at radius 2 is 1.90 bits per heavy atom. The van der Waals surface area contributed by atoms with E-state index in [1.165, 1.54) is 22.7 Å². The van der Waals surface area contributed by atoms with Crippen LogP contribution in [0.1, 0.15) is 32.0 Å². The summed E-state index contributed by atoms with van der Waals surface area (Å²) in [4.78, 5) is 5.26. The highest BCUT2D eigenvalue weighted by Gasteiger charge is 2.15. The van der Waals surface area contributed by atoms with Gasteiger partial charge in [0.25, 0.3) is 0 Å². The molecule has 0 fully saturated rings. The van der Waals surface area contributed by atoms with E-state index >= 15 is 0 Å². The number of pyridine rings is 1. The fourth-order valence-electron chi connectivity index (χ4n) is 2.07. The SMILES string of the molecule is C=C(N)SC(=C)c1nccc2cc(C(C)(C)C)ccc12. The van der Waals surface area contributed by atoms with Crippen molar-refractivity contribution in [2.24, 2.45) is 5.73 Å². The van der Waals surface area contributed by atoms with Gasteiger partial charge in [0.15, 0.2) is 0 Å². The van der Waals surface area contributed by atoms with Gasteiger partial charge in [0.2, 0.25) is 0 Å². The molecule has 0 aliphatic rings. The largest absolute Gasteiger partial charge is 0.394 e. The molecule has 1 aromatic heterocycles. The Morgan fingerprint density at radius 3 is 2.50 bits per heavy atom. The second kappa shape index (κ2) is 5.33. The number of rotatable bonds is 3. The van der Waals surface area contributed by atoms with Crippen molar-refractivity contribution in [3.05, 3.63) is 59.9 Å². The van der Waals surface area contributed by atoms with E-state index in [0.717, 1.165) is 16.0 Å². The summed E-state index contributed by atoms with van der Waals surface area (Å²) in [5, 5.41) is 2.80. The van der Waals surface area contributed by atoms with Crippen LogP contribution in [-0.4, -0.2) is 4.98 Å². The maximum Gasteiger partial charge on any atom is 0.0841 e. The quantitative estimate of drug-likeness (QED) is 0.890. The Balaban J connectivity index is 2.54. The molecular formula is C17H20N2S. The average Bonchev–Trinajstić information content (AvgIpc) is 2.35. The molecule has 1 aromatic carbocycles. The van der Waals surface area contributed by atoms with Gasteiger partial charge in [0, 0.05) is 16.5 Å². The van der Waals surface area contributed by atoms with Crippen molar-refractivity contribution in [3.63, 3.8) is 0 Å². The molecule has 0 amide bonds. The highest BCUT2D eigenvalue weighted by Crippen LogP contribution is 2.33. The van der Waals surface area contributed by atoms with E-state index < -0.39 is 0 Å². The van der Waals surface area contributed by atoms with Crippen molar-refractivity contribution in [3.8, 4) is 0 Å². The second-order valence-corrected chi connectivity index (χ2v) is 7.06. The summed E-state index contributed by atoms with van der Waals surface area (Å²) in [5.41, 5.74) is 7.95. The van der Waals surface area contributed by atoms with Crippen molar-refractivity contribution in [2.45, 2.75) is 26.2 Å². The normalized spacial score (nSPS) is 11.6. The minimum atomic E-state index is 0.134. The van der Waals surface area contributed by atoms with Crippen molar-refractivity contribution in [1.29, 1.82) is 0 Å². The van der Waals surface area contributed by atoms with Crippen molar-refractivity contribution in [1.82, 2.24) is 4.98 Å². The molecule has 0 atom stereocenters. The Hall–Kier alpha value is -1.74. The van der Waals surface area contributed by atoms with Crippen LogP contribution in [0.3, 0.4) is 0 Å². The highest BCUT2D eigenvalue weighted by atomic mass is 32.2. The van der Waals surface area contributed by atoms with E-state index in [0.29, 0.717) is 5.03 Å². The van der Waals surface area contributed by atoms with Gasteiger partial charge < -0.3 is 5.73 Å². The number of nitrogens with two attached hydrogens (primary N) is 1. The monoisotopic (exact) mass is 284 g/mol. The minimum Gasteiger partial charge on any atom is -0.394 e. The van der Waals surface area contributed by atoms with E-state index in [-0.39, 0.29) is 5.41 Å². The van der Waals surface area contributed by atoms with Gasteiger partial charge >= 0.3 is 0 Å². The highest BCUT2D eigenvalue weighted by molar-refractivity contribution is 8.11. The molecule has 0 aliphatic carbocycles. The summed E-state index contributed by atoms with van der Waals surface area (Å²) in [6.07, 6.45) is 1.81. The second-order valence-electron chi connectivity index (χ2n) is 5.84. The van der Waals surface area contributed by atoms with Gasteiger partial charge in [0.1, 0.15) is 0 Å². The Kier molecular flexibility index (Phi) is 3.91. The minimum absolute atomic E-state index is 0.134. The number of hydrogen-bond acceptors (Lipinski definition) is 3. The van der Waals surface area contributed by atoms with Crippen LogP contribution in [0, 0.1) is 0 Å². The summed E-state index contributed by atoms with van der Waals surface area (Å²) >= 11 is 1.36. The Bertz CT molecular complexity index is 681. The number of benzene rings is 1. The molecule has 2 rings (SSSR count). The molecule has 0 saturated carbocycles. The first-order valence-corrected chi connectivity index (χ1v) is 7.31. The topological polar surface area (TPSA) is 38.9 Å². The van der Waals surface area contributed by atoms with Crippen LogP contribution in [-0.2, 0) is 5.41 Å².